The monoisotopic (exact) mass is 282 g/mol. The number of nitrogens with two attached hydrogens (primary N) is 1. The predicted octanol–water partition coefficient (Wildman–Crippen LogP) is 2.91. The number of aryl methyl sites for hydroxylation is 2. The first-order valence-corrected chi connectivity index (χ1v) is 6.69. The molecule has 2 aromatic heterocycles. The number of nitrogen functional groups attached to an aromatic ring is 1. The summed E-state index contributed by atoms with van der Waals surface area (Å²) in [4.78, 5) is 8.27. The van der Waals surface area contributed by atoms with Crippen molar-refractivity contribution in [2.45, 2.75) is 13.0 Å². The van der Waals surface area contributed by atoms with Crippen molar-refractivity contribution >= 4 is 5.82 Å². The summed E-state index contributed by atoms with van der Waals surface area (Å²) in [6.45, 7) is 0.725. The standard InChI is InChI=1S/C16H15FN4/c17-14-3-1-2-12(8-14)6-7-21-11-19-10-15(21)13-4-5-16(18)20-9-13/h1-5,8-11H,6-7H2,(H2,18,20). The second-order valence-electron chi connectivity index (χ2n) is 4.82. The van der Waals surface area contributed by atoms with Crippen LogP contribution in [-0.4, -0.2) is 14.5 Å². The van der Waals surface area contributed by atoms with Crippen molar-refractivity contribution in [3.63, 3.8) is 0 Å². The maximum atomic E-state index is 13.2. The molecular formula is C16H15FN4. The number of pyridine rings is 1. The quantitative estimate of drug-likeness (QED) is 0.800. The van der Waals surface area contributed by atoms with Gasteiger partial charge in [0.15, 0.2) is 0 Å². The summed E-state index contributed by atoms with van der Waals surface area (Å²) in [6, 6.07) is 10.3. The highest BCUT2D eigenvalue weighted by molar-refractivity contribution is 5.59. The predicted molar refractivity (Wildman–Crippen MR) is 80.0 cm³/mol. The van der Waals surface area contributed by atoms with Gasteiger partial charge in [-0.15, -0.1) is 0 Å². The molecular weight excluding hydrogens is 267 g/mol. The van der Waals surface area contributed by atoms with Crippen molar-refractivity contribution < 1.29 is 4.39 Å². The molecule has 0 fully saturated rings. The minimum Gasteiger partial charge on any atom is -0.384 e. The van der Waals surface area contributed by atoms with Crippen molar-refractivity contribution in [2.75, 3.05) is 5.73 Å². The van der Waals surface area contributed by atoms with Crippen molar-refractivity contribution in [2.24, 2.45) is 0 Å². The Bertz CT molecular complexity index is 734. The van der Waals surface area contributed by atoms with Crippen LogP contribution >= 0.6 is 0 Å². The van der Waals surface area contributed by atoms with E-state index in [1.807, 2.05) is 16.7 Å². The van der Waals surface area contributed by atoms with Crippen LogP contribution in [0.3, 0.4) is 0 Å². The molecule has 0 amide bonds. The fourth-order valence-electron chi connectivity index (χ4n) is 2.24. The maximum absolute atomic E-state index is 13.2. The van der Waals surface area contributed by atoms with Crippen LogP contribution in [0.4, 0.5) is 10.2 Å². The highest BCUT2D eigenvalue weighted by Crippen LogP contribution is 2.19. The Morgan fingerprint density at radius 3 is 2.81 bits per heavy atom. The van der Waals surface area contributed by atoms with Gasteiger partial charge >= 0.3 is 0 Å². The van der Waals surface area contributed by atoms with Crippen molar-refractivity contribution in [1.29, 1.82) is 0 Å². The third-order valence-corrected chi connectivity index (χ3v) is 3.32. The molecule has 2 N–H and O–H groups in total. The van der Waals surface area contributed by atoms with E-state index >= 15 is 0 Å². The molecule has 0 saturated carbocycles. The van der Waals surface area contributed by atoms with E-state index in [1.165, 1.54) is 6.07 Å². The van der Waals surface area contributed by atoms with Crippen LogP contribution in [0, 0.1) is 5.82 Å². The Labute approximate surface area is 122 Å². The molecule has 5 heteroatoms. The van der Waals surface area contributed by atoms with E-state index in [0.717, 1.165) is 29.8 Å². The Balaban J connectivity index is 1.78. The first-order valence-electron chi connectivity index (χ1n) is 6.69. The van der Waals surface area contributed by atoms with E-state index in [-0.39, 0.29) is 5.82 Å². The topological polar surface area (TPSA) is 56.7 Å². The number of nitrogens with zero attached hydrogens (tertiary/aromatic N) is 3. The summed E-state index contributed by atoms with van der Waals surface area (Å²) in [6.07, 6.45) is 6.03. The number of anilines is 1. The van der Waals surface area contributed by atoms with Crippen LogP contribution < -0.4 is 5.73 Å². The summed E-state index contributed by atoms with van der Waals surface area (Å²) < 4.78 is 15.2. The van der Waals surface area contributed by atoms with Gasteiger partial charge in [-0.1, -0.05) is 12.1 Å². The first-order chi connectivity index (χ1) is 10.2. The Kier molecular flexibility index (Phi) is 3.64. The average Bonchev–Trinajstić information content (AvgIpc) is 2.94. The second kappa shape index (κ2) is 5.75. The average molecular weight is 282 g/mol. The summed E-state index contributed by atoms with van der Waals surface area (Å²) in [5.74, 6) is 0.283. The zero-order valence-electron chi connectivity index (χ0n) is 11.4. The number of hydrogen-bond donors (Lipinski definition) is 1. The summed E-state index contributed by atoms with van der Waals surface area (Å²) >= 11 is 0. The lowest BCUT2D eigenvalue weighted by molar-refractivity contribution is 0.622. The van der Waals surface area contributed by atoms with Gasteiger partial charge in [0.2, 0.25) is 0 Å². The maximum Gasteiger partial charge on any atom is 0.123 e. The molecule has 1 aromatic carbocycles. The Morgan fingerprint density at radius 2 is 2.05 bits per heavy atom. The van der Waals surface area contributed by atoms with E-state index in [0.29, 0.717) is 5.82 Å². The fourth-order valence-corrected chi connectivity index (χ4v) is 2.24. The van der Waals surface area contributed by atoms with E-state index in [2.05, 4.69) is 9.97 Å². The molecule has 2 heterocycles. The van der Waals surface area contributed by atoms with E-state index < -0.39 is 0 Å². The molecule has 0 bridgehead atoms. The third-order valence-electron chi connectivity index (χ3n) is 3.32. The number of hydrogen-bond acceptors (Lipinski definition) is 3. The molecule has 0 unspecified atom stereocenters. The van der Waals surface area contributed by atoms with Gasteiger partial charge in [-0.25, -0.2) is 14.4 Å². The van der Waals surface area contributed by atoms with Crippen LogP contribution in [0.1, 0.15) is 5.56 Å². The third kappa shape index (κ3) is 3.08. The molecule has 4 nitrogen and oxygen atoms in total. The van der Waals surface area contributed by atoms with Gasteiger partial charge in [0.05, 0.1) is 18.2 Å². The minimum absolute atomic E-state index is 0.207. The van der Waals surface area contributed by atoms with Gasteiger partial charge in [-0.05, 0) is 36.2 Å². The largest absolute Gasteiger partial charge is 0.384 e. The van der Waals surface area contributed by atoms with E-state index in [1.54, 1.807) is 36.9 Å². The number of imidazole rings is 1. The second-order valence-corrected chi connectivity index (χ2v) is 4.82. The highest BCUT2D eigenvalue weighted by Gasteiger charge is 2.06. The van der Waals surface area contributed by atoms with Crippen LogP contribution in [0.2, 0.25) is 0 Å². The molecule has 106 valence electrons. The van der Waals surface area contributed by atoms with Crippen LogP contribution in [0.5, 0.6) is 0 Å². The number of rotatable bonds is 4. The zero-order chi connectivity index (χ0) is 14.7. The van der Waals surface area contributed by atoms with Gasteiger partial charge in [0.25, 0.3) is 0 Å². The van der Waals surface area contributed by atoms with Gasteiger partial charge < -0.3 is 10.3 Å². The molecule has 0 atom stereocenters. The van der Waals surface area contributed by atoms with Gasteiger partial charge in [-0.3, -0.25) is 0 Å². The molecule has 0 aliphatic carbocycles. The summed E-state index contributed by atoms with van der Waals surface area (Å²) in [5.41, 5.74) is 8.49. The lowest BCUT2D eigenvalue weighted by atomic mass is 10.1. The van der Waals surface area contributed by atoms with E-state index in [9.17, 15) is 4.39 Å². The fraction of sp³-hybridized carbons (Fsp3) is 0.125. The first kappa shape index (κ1) is 13.3. The van der Waals surface area contributed by atoms with Crippen LogP contribution in [0.25, 0.3) is 11.3 Å². The molecule has 0 radical (unpaired) electrons. The smallest absolute Gasteiger partial charge is 0.123 e. The van der Waals surface area contributed by atoms with Crippen molar-refractivity contribution in [3.05, 3.63) is 66.5 Å². The van der Waals surface area contributed by atoms with Crippen LogP contribution in [-0.2, 0) is 13.0 Å². The Morgan fingerprint density at radius 1 is 1.14 bits per heavy atom. The van der Waals surface area contributed by atoms with Crippen molar-refractivity contribution in [3.8, 4) is 11.3 Å². The number of aromatic nitrogens is 3. The zero-order valence-corrected chi connectivity index (χ0v) is 11.4. The van der Waals surface area contributed by atoms with Gasteiger partial charge in [-0.2, -0.15) is 0 Å². The SMILES string of the molecule is Nc1ccc(-c2cncn2CCc2cccc(F)c2)cn1. The molecule has 21 heavy (non-hydrogen) atoms. The lowest BCUT2D eigenvalue weighted by Gasteiger charge is -2.08. The summed E-state index contributed by atoms with van der Waals surface area (Å²) in [5, 5.41) is 0. The number of benzene rings is 1. The van der Waals surface area contributed by atoms with Gasteiger partial charge in [0, 0.05) is 18.3 Å². The molecule has 3 rings (SSSR count). The normalized spacial score (nSPS) is 10.7. The van der Waals surface area contributed by atoms with E-state index in [4.69, 9.17) is 5.73 Å². The van der Waals surface area contributed by atoms with Gasteiger partial charge in [0.1, 0.15) is 11.6 Å². The van der Waals surface area contributed by atoms with Crippen LogP contribution in [0.15, 0.2) is 55.1 Å². The lowest BCUT2D eigenvalue weighted by Crippen LogP contribution is -2.02. The molecule has 0 aliphatic rings. The molecule has 0 saturated heterocycles. The van der Waals surface area contributed by atoms with Crippen molar-refractivity contribution in [1.82, 2.24) is 14.5 Å². The highest BCUT2D eigenvalue weighted by atomic mass is 19.1. The molecule has 0 aliphatic heterocycles. The summed E-state index contributed by atoms with van der Waals surface area (Å²) in [7, 11) is 0. The minimum atomic E-state index is -0.207. The molecule has 3 aromatic rings. The Hall–Kier alpha value is -2.69. The number of halogens is 1. The molecule has 0 spiro atoms.